The van der Waals surface area contributed by atoms with Crippen LogP contribution in [0.2, 0.25) is 0 Å². The summed E-state index contributed by atoms with van der Waals surface area (Å²) in [6.07, 6.45) is 6.87. The van der Waals surface area contributed by atoms with E-state index in [1.807, 2.05) is 0 Å². The summed E-state index contributed by atoms with van der Waals surface area (Å²) in [5, 5.41) is 0. The summed E-state index contributed by atoms with van der Waals surface area (Å²) in [5.41, 5.74) is 0.0732. The Morgan fingerprint density at radius 1 is 1.26 bits per heavy atom. The van der Waals surface area contributed by atoms with E-state index in [0.717, 1.165) is 45.1 Å². The SMILES string of the molecule is CC1CC2C(=O)CC3CCCN4C(=O)CCC2C34C1. The molecule has 0 radical (unpaired) electrons. The Morgan fingerprint density at radius 3 is 2.95 bits per heavy atom. The molecule has 0 aromatic carbocycles. The molecule has 3 nitrogen and oxygen atoms in total. The van der Waals surface area contributed by atoms with Gasteiger partial charge in [-0.25, -0.2) is 0 Å². The van der Waals surface area contributed by atoms with Crippen molar-refractivity contribution >= 4 is 11.7 Å². The summed E-state index contributed by atoms with van der Waals surface area (Å²) in [6, 6.07) is 0. The summed E-state index contributed by atoms with van der Waals surface area (Å²) < 4.78 is 0. The van der Waals surface area contributed by atoms with Crippen LogP contribution in [0, 0.1) is 23.7 Å². The monoisotopic (exact) mass is 261 g/mol. The van der Waals surface area contributed by atoms with Gasteiger partial charge < -0.3 is 4.90 Å². The summed E-state index contributed by atoms with van der Waals surface area (Å²) in [6.45, 7) is 3.22. The van der Waals surface area contributed by atoms with Crippen molar-refractivity contribution in [1.29, 1.82) is 0 Å². The molecular weight excluding hydrogens is 238 g/mol. The Balaban J connectivity index is 1.85. The summed E-state index contributed by atoms with van der Waals surface area (Å²) in [7, 11) is 0. The van der Waals surface area contributed by atoms with Crippen LogP contribution < -0.4 is 0 Å². The summed E-state index contributed by atoms with van der Waals surface area (Å²) in [5.74, 6) is 2.67. The average Bonchev–Trinajstić information content (AvgIpc) is 2.37. The predicted octanol–water partition coefficient (Wildman–Crippen LogP) is 2.39. The van der Waals surface area contributed by atoms with Gasteiger partial charge in [-0.15, -0.1) is 0 Å². The number of hydrogen-bond donors (Lipinski definition) is 0. The van der Waals surface area contributed by atoms with Gasteiger partial charge in [0.25, 0.3) is 0 Å². The molecule has 0 aromatic heterocycles. The molecule has 1 spiro atoms. The largest absolute Gasteiger partial charge is 0.336 e. The number of ketones is 1. The maximum atomic E-state index is 12.5. The number of Topliss-reactive ketones (excluding diaryl/α,β-unsaturated/α-hetero) is 1. The number of amides is 1. The quantitative estimate of drug-likeness (QED) is 0.671. The van der Waals surface area contributed by atoms with Crippen molar-refractivity contribution in [2.24, 2.45) is 23.7 Å². The minimum absolute atomic E-state index is 0.0732. The van der Waals surface area contributed by atoms with Gasteiger partial charge in [-0.1, -0.05) is 6.92 Å². The molecule has 2 saturated carbocycles. The highest BCUT2D eigenvalue weighted by atomic mass is 16.2. The molecule has 4 rings (SSSR count). The maximum absolute atomic E-state index is 12.5. The van der Waals surface area contributed by atoms with Gasteiger partial charge in [0.2, 0.25) is 5.91 Å². The fourth-order valence-corrected chi connectivity index (χ4v) is 5.94. The molecule has 5 unspecified atom stereocenters. The third-order valence-electron chi connectivity index (χ3n) is 6.43. The van der Waals surface area contributed by atoms with Gasteiger partial charge in [-0.3, -0.25) is 9.59 Å². The molecule has 0 N–H and O–H groups in total. The highest BCUT2D eigenvalue weighted by Crippen LogP contribution is 2.59. The number of rotatable bonds is 0. The molecule has 2 saturated heterocycles. The van der Waals surface area contributed by atoms with Crippen molar-refractivity contribution < 1.29 is 9.59 Å². The minimum atomic E-state index is 0.0732. The molecule has 2 bridgehead atoms. The first-order chi connectivity index (χ1) is 9.13. The number of piperidine rings is 2. The normalized spacial score (nSPS) is 49.0. The van der Waals surface area contributed by atoms with E-state index in [1.165, 1.54) is 0 Å². The second kappa shape index (κ2) is 3.83. The van der Waals surface area contributed by atoms with Crippen LogP contribution in [0.1, 0.15) is 51.9 Å². The zero-order valence-corrected chi connectivity index (χ0v) is 11.7. The second-order valence-electron chi connectivity index (χ2n) is 7.34. The summed E-state index contributed by atoms with van der Waals surface area (Å²) in [4.78, 5) is 27.1. The Hall–Kier alpha value is -0.860. The summed E-state index contributed by atoms with van der Waals surface area (Å²) >= 11 is 0. The Bertz CT molecular complexity index is 446. The van der Waals surface area contributed by atoms with E-state index in [1.54, 1.807) is 0 Å². The third-order valence-corrected chi connectivity index (χ3v) is 6.43. The van der Waals surface area contributed by atoms with E-state index in [-0.39, 0.29) is 11.5 Å². The van der Waals surface area contributed by atoms with Crippen LogP contribution in [0.4, 0.5) is 0 Å². The predicted molar refractivity (Wildman–Crippen MR) is 71.4 cm³/mol. The molecular formula is C16H23NO2. The van der Waals surface area contributed by atoms with E-state index in [2.05, 4.69) is 11.8 Å². The first-order valence-electron chi connectivity index (χ1n) is 7.96. The number of carbonyl (C=O) groups excluding carboxylic acids is 2. The van der Waals surface area contributed by atoms with Crippen LogP contribution in [-0.2, 0) is 9.59 Å². The zero-order chi connectivity index (χ0) is 13.2. The van der Waals surface area contributed by atoms with E-state index in [4.69, 9.17) is 0 Å². The zero-order valence-electron chi connectivity index (χ0n) is 11.7. The topological polar surface area (TPSA) is 37.4 Å². The molecule has 19 heavy (non-hydrogen) atoms. The lowest BCUT2D eigenvalue weighted by Crippen LogP contribution is -2.72. The van der Waals surface area contributed by atoms with Crippen molar-refractivity contribution in [2.75, 3.05) is 6.54 Å². The van der Waals surface area contributed by atoms with E-state index in [0.29, 0.717) is 35.9 Å². The highest BCUT2D eigenvalue weighted by molar-refractivity contribution is 5.86. The number of hydrogen-bond acceptors (Lipinski definition) is 2. The molecule has 104 valence electrons. The first kappa shape index (κ1) is 11.9. The smallest absolute Gasteiger partial charge is 0.223 e. The van der Waals surface area contributed by atoms with Crippen LogP contribution in [0.3, 0.4) is 0 Å². The Morgan fingerprint density at radius 2 is 2.11 bits per heavy atom. The number of nitrogens with zero attached hydrogens (tertiary/aromatic N) is 1. The average molecular weight is 261 g/mol. The van der Waals surface area contributed by atoms with E-state index < -0.39 is 0 Å². The van der Waals surface area contributed by atoms with Gasteiger partial charge in [0.15, 0.2) is 0 Å². The molecule has 2 aliphatic heterocycles. The molecule has 4 aliphatic rings. The molecule has 5 atom stereocenters. The Labute approximate surface area is 114 Å². The van der Waals surface area contributed by atoms with Crippen molar-refractivity contribution in [1.82, 2.24) is 4.90 Å². The molecule has 0 aromatic rings. The van der Waals surface area contributed by atoms with Gasteiger partial charge in [0.1, 0.15) is 5.78 Å². The van der Waals surface area contributed by atoms with Gasteiger partial charge in [-0.05, 0) is 49.9 Å². The van der Waals surface area contributed by atoms with Gasteiger partial charge in [0.05, 0.1) is 0 Å². The van der Waals surface area contributed by atoms with Crippen LogP contribution in [-0.4, -0.2) is 28.7 Å². The molecule has 3 heteroatoms. The first-order valence-corrected chi connectivity index (χ1v) is 7.96. The lowest BCUT2D eigenvalue weighted by molar-refractivity contribution is -0.184. The van der Waals surface area contributed by atoms with E-state index in [9.17, 15) is 9.59 Å². The van der Waals surface area contributed by atoms with Gasteiger partial charge in [0, 0.05) is 30.8 Å². The minimum Gasteiger partial charge on any atom is -0.336 e. The maximum Gasteiger partial charge on any atom is 0.223 e. The van der Waals surface area contributed by atoms with E-state index >= 15 is 0 Å². The standard InChI is InChI=1S/C16H23NO2/c1-10-7-12-13-4-5-15(19)17-6-2-3-11(8-14(12)18)16(13,17)9-10/h10-13H,2-9H2,1H3. The van der Waals surface area contributed by atoms with Crippen LogP contribution >= 0.6 is 0 Å². The van der Waals surface area contributed by atoms with Crippen molar-refractivity contribution in [3.8, 4) is 0 Å². The number of carbonyl (C=O) groups is 2. The highest BCUT2D eigenvalue weighted by Gasteiger charge is 2.63. The molecule has 1 amide bonds. The Kier molecular flexibility index (Phi) is 2.40. The molecule has 4 fully saturated rings. The van der Waals surface area contributed by atoms with Crippen LogP contribution in [0.5, 0.6) is 0 Å². The molecule has 2 aliphatic carbocycles. The van der Waals surface area contributed by atoms with Gasteiger partial charge >= 0.3 is 0 Å². The van der Waals surface area contributed by atoms with Crippen molar-refractivity contribution in [2.45, 2.75) is 57.4 Å². The lowest BCUT2D eigenvalue weighted by Gasteiger charge is -2.65. The fraction of sp³-hybridized carbons (Fsp3) is 0.875. The second-order valence-corrected chi connectivity index (χ2v) is 7.34. The third kappa shape index (κ3) is 1.39. The molecule has 2 heterocycles. The van der Waals surface area contributed by atoms with Crippen molar-refractivity contribution in [3.05, 3.63) is 0 Å². The van der Waals surface area contributed by atoms with Crippen molar-refractivity contribution in [3.63, 3.8) is 0 Å². The van der Waals surface area contributed by atoms with Crippen LogP contribution in [0.15, 0.2) is 0 Å². The van der Waals surface area contributed by atoms with Gasteiger partial charge in [-0.2, -0.15) is 0 Å². The van der Waals surface area contributed by atoms with Crippen LogP contribution in [0.25, 0.3) is 0 Å². The fourth-order valence-electron chi connectivity index (χ4n) is 5.94. The lowest BCUT2D eigenvalue weighted by atomic mass is 9.48.